The fraction of sp³-hybridized carbons (Fsp3) is 0.375. The third kappa shape index (κ3) is 3.39. The Kier molecular flexibility index (Phi) is 5.02. The summed E-state index contributed by atoms with van der Waals surface area (Å²) in [7, 11) is 1.64. The second-order valence-corrected chi connectivity index (χ2v) is 4.74. The normalized spacial score (nSPS) is 11.8. The van der Waals surface area contributed by atoms with Gasteiger partial charge in [0.05, 0.1) is 7.11 Å². The summed E-state index contributed by atoms with van der Waals surface area (Å²) in [5.74, 6) is 1.21. The molecule has 0 fully saturated rings. The Balaban J connectivity index is 3.12. The second kappa shape index (κ2) is 6.29. The highest BCUT2D eigenvalue weighted by molar-refractivity contribution is 5.48. The zero-order valence-corrected chi connectivity index (χ0v) is 11.7. The molecule has 0 aromatic heterocycles. The molecule has 0 saturated heterocycles. The molecule has 0 aliphatic heterocycles. The molecule has 0 amide bonds. The summed E-state index contributed by atoms with van der Waals surface area (Å²) in [4.78, 5) is 0. The largest absolute Gasteiger partial charge is 0.508 e. The number of allylic oxidation sites excluding steroid dienone is 3. The maximum Gasteiger partial charge on any atom is 0.122 e. The van der Waals surface area contributed by atoms with Crippen molar-refractivity contribution >= 4 is 0 Å². The number of hydrogen-bond donors (Lipinski definition) is 1. The predicted molar refractivity (Wildman–Crippen MR) is 76.4 cm³/mol. The van der Waals surface area contributed by atoms with Gasteiger partial charge >= 0.3 is 0 Å². The summed E-state index contributed by atoms with van der Waals surface area (Å²) in [6.07, 6.45) is 4.85. The van der Waals surface area contributed by atoms with Crippen LogP contribution in [0.1, 0.15) is 37.3 Å². The maximum atomic E-state index is 10.1. The molecule has 0 spiro atoms. The molecule has 2 heteroatoms. The Morgan fingerprint density at radius 2 is 2.11 bits per heavy atom. The van der Waals surface area contributed by atoms with Gasteiger partial charge in [-0.05, 0) is 44.9 Å². The van der Waals surface area contributed by atoms with Gasteiger partial charge in [0.15, 0.2) is 0 Å². The van der Waals surface area contributed by atoms with Gasteiger partial charge in [-0.15, -0.1) is 6.58 Å². The number of benzene rings is 1. The Labute approximate surface area is 110 Å². The van der Waals surface area contributed by atoms with E-state index in [-0.39, 0.29) is 5.92 Å². The molecule has 1 atom stereocenters. The van der Waals surface area contributed by atoms with Crippen LogP contribution in [0.5, 0.6) is 11.5 Å². The van der Waals surface area contributed by atoms with Gasteiger partial charge in [-0.2, -0.15) is 0 Å². The Bertz CT molecular complexity index is 454. The van der Waals surface area contributed by atoms with Gasteiger partial charge in [0.1, 0.15) is 11.5 Å². The summed E-state index contributed by atoms with van der Waals surface area (Å²) in [5.41, 5.74) is 3.06. The van der Waals surface area contributed by atoms with Gasteiger partial charge in [0, 0.05) is 11.5 Å². The molecule has 1 aromatic carbocycles. The minimum atomic E-state index is 0.106. The number of phenols is 1. The van der Waals surface area contributed by atoms with Crippen molar-refractivity contribution in [2.24, 2.45) is 0 Å². The molecule has 0 aliphatic rings. The lowest BCUT2D eigenvalue weighted by atomic mass is 9.93. The third-order valence-electron chi connectivity index (χ3n) is 3.01. The zero-order valence-electron chi connectivity index (χ0n) is 11.7. The van der Waals surface area contributed by atoms with Gasteiger partial charge in [0.25, 0.3) is 0 Å². The third-order valence-corrected chi connectivity index (χ3v) is 3.01. The molecule has 1 N–H and O–H groups in total. The van der Waals surface area contributed by atoms with E-state index in [1.54, 1.807) is 13.2 Å². The molecule has 0 radical (unpaired) electrons. The highest BCUT2D eigenvalue weighted by Crippen LogP contribution is 2.35. The van der Waals surface area contributed by atoms with Crippen molar-refractivity contribution < 1.29 is 9.84 Å². The molecule has 0 bridgehead atoms. The number of ether oxygens (including phenoxy) is 1. The topological polar surface area (TPSA) is 29.5 Å². The first-order chi connectivity index (χ1) is 8.49. The fourth-order valence-electron chi connectivity index (χ4n) is 1.92. The van der Waals surface area contributed by atoms with E-state index in [0.717, 1.165) is 23.3 Å². The van der Waals surface area contributed by atoms with E-state index in [1.807, 2.05) is 19.1 Å². The van der Waals surface area contributed by atoms with Crippen LogP contribution in [0, 0.1) is 6.92 Å². The van der Waals surface area contributed by atoms with Gasteiger partial charge in [0.2, 0.25) is 0 Å². The highest BCUT2D eigenvalue weighted by atomic mass is 16.5. The lowest BCUT2D eigenvalue weighted by Gasteiger charge is -2.16. The van der Waals surface area contributed by atoms with Gasteiger partial charge < -0.3 is 9.84 Å². The zero-order chi connectivity index (χ0) is 13.7. The van der Waals surface area contributed by atoms with Crippen LogP contribution in [0.25, 0.3) is 0 Å². The van der Waals surface area contributed by atoms with Crippen LogP contribution < -0.4 is 4.74 Å². The van der Waals surface area contributed by atoms with Crippen LogP contribution >= 0.6 is 0 Å². The number of aromatic hydroxyl groups is 1. The van der Waals surface area contributed by atoms with E-state index >= 15 is 0 Å². The lowest BCUT2D eigenvalue weighted by Crippen LogP contribution is -1.97. The number of phenolic OH excluding ortho intramolecular Hbond substituents is 1. The minimum absolute atomic E-state index is 0.106. The summed E-state index contributed by atoms with van der Waals surface area (Å²) in [5, 5.41) is 10.1. The van der Waals surface area contributed by atoms with Crippen LogP contribution in [0.3, 0.4) is 0 Å². The average molecular weight is 246 g/mol. The van der Waals surface area contributed by atoms with Crippen LogP contribution in [-0.4, -0.2) is 12.2 Å². The van der Waals surface area contributed by atoms with E-state index in [1.165, 1.54) is 5.57 Å². The molecule has 18 heavy (non-hydrogen) atoms. The van der Waals surface area contributed by atoms with E-state index in [9.17, 15) is 5.11 Å². The molecule has 1 aromatic rings. The van der Waals surface area contributed by atoms with Crippen LogP contribution in [-0.2, 0) is 0 Å². The SMILES string of the molecule is C=CC(CC=C(C)C)c1cc(OC)c(C)cc1O. The molecular formula is C16H22O2. The summed E-state index contributed by atoms with van der Waals surface area (Å²) >= 11 is 0. The van der Waals surface area contributed by atoms with Crippen molar-refractivity contribution in [2.75, 3.05) is 7.11 Å². The van der Waals surface area contributed by atoms with Gasteiger partial charge in [-0.3, -0.25) is 0 Å². The maximum absolute atomic E-state index is 10.1. The van der Waals surface area contributed by atoms with Crippen molar-refractivity contribution in [3.8, 4) is 11.5 Å². The van der Waals surface area contributed by atoms with Crippen molar-refractivity contribution in [3.63, 3.8) is 0 Å². The second-order valence-electron chi connectivity index (χ2n) is 4.74. The number of rotatable bonds is 5. The summed E-state index contributed by atoms with van der Waals surface area (Å²) in [6, 6.07) is 3.64. The van der Waals surface area contributed by atoms with Gasteiger partial charge in [-0.1, -0.05) is 17.7 Å². The van der Waals surface area contributed by atoms with E-state index in [2.05, 4.69) is 26.5 Å². The first kappa shape index (κ1) is 14.4. The van der Waals surface area contributed by atoms with Crippen LogP contribution in [0.15, 0.2) is 36.4 Å². The Hall–Kier alpha value is -1.70. The van der Waals surface area contributed by atoms with Crippen molar-refractivity contribution in [1.29, 1.82) is 0 Å². The first-order valence-electron chi connectivity index (χ1n) is 6.13. The Morgan fingerprint density at radius 1 is 1.44 bits per heavy atom. The Morgan fingerprint density at radius 3 is 2.61 bits per heavy atom. The standard InChI is InChI=1S/C16H22O2/c1-6-13(8-7-11(2)3)14-10-16(18-5)12(4)9-15(14)17/h6-7,9-10,13,17H,1,8H2,2-5H3. The van der Waals surface area contributed by atoms with Crippen molar-refractivity contribution in [3.05, 3.63) is 47.6 Å². The molecule has 2 nitrogen and oxygen atoms in total. The highest BCUT2D eigenvalue weighted by Gasteiger charge is 2.14. The van der Waals surface area contributed by atoms with Crippen LogP contribution in [0.4, 0.5) is 0 Å². The van der Waals surface area contributed by atoms with Gasteiger partial charge in [-0.25, -0.2) is 0 Å². The number of aryl methyl sites for hydroxylation is 1. The summed E-state index contributed by atoms with van der Waals surface area (Å²) < 4.78 is 5.30. The molecule has 0 saturated carbocycles. The molecule has 1 unspecified atom stereocenters. The molecule has 0 heterocycles. The van der Waals surface area contributed by atoms with E-state index in [0.29, 0.717) is 5.75 Å². The molecule has 98 valence electrons. The average Bonchev–Trinajstić information content (AvgIpc) is 2.31. The molecule has 1 rings (SSSR count). The number of hydrogen-bond acceptors (Lipinski definition) is 2. The van der Waals surface area contributed by atoms with E-state index < -0.39 is 0 Å². The predicted octanol–water partition coefficient (Wildman–Crippen LogP) is 4.34. The quantitative estimate of drug-likeness (QED) is 0.783. The molecular weight excluding hydrogens is 224 g/mol. The fourth-order valence-corrected chi connectivity index (χ4v) is 1.92. The van der Waals surface area contributed by atoms with E-state index in [4.69, 9.17) is 4.74 Å². The van der Waals surface area contributed by atoms with Crippen molar-refractivity contribution in [1.82, 2.24) is 0 Å². The first-order valence-corrected chi connectivity index (χ1v) is 6.13. The summed E-state index contributed by atoms with van der Waals surface area (Å²) in [6.45, 7) is 9.90. The molecule has 0 aliphatic carbocycles. The smallest absolute Gasteiger partial charge is 0.122 e. The minimum Gasteiger partial charge on any atom is -0.508 e. The van der Waals surface area contributed by atoms with Crippen molar-refractivity contribution in [2.45, 2.75) is 33.1 Å². The lowest BCUT2D eigenvalue weighted by molar-refractivity contribution is 0.407. The number of methoxy groups -OCH3 is 1. The van der Waals surface area contributed by atoms with Crippen LogP contribution in [0.2, 0.25) is 0 Å². The monoisotopic (exact) mass is 246 g/mol.